The number of halogens is 2. The number of amides is 1. The second-order valence-electron chi connectivity index (χ2n) is 10.2. The molecule has 2 aromatic carbocycles. The maximum absolute atomic E-state index is 15.1. The SMILES string of the molecule is COCCOc1cc(F)c(Cn2nc(-c3ncc(OC)c(Nc4ccnc(NC(=O)C5CC5)c4)n3)c3ccccc32)c(F)c1. The molecule has 0 atom stereocenters. The molecule has 1 aliphatic carbocycles. The fraction of sp³-hybridized carbons (Fsp3) is 0.258. The van der Waals surface area contributed by atoms with E-state index in [1.165, 1.54) is 25.1 Å². The number of nitrogens with zero attached hydrogens (tertiary/aromatic N) is 5. The normalized spacial score (nSPS) is 12.7. The Morgan fingerprint density at radius 3 is 2.59 bits per heavy atom. The van der Waals surface area contributed by atoms with Gasteiger partial charge in [-0.05, 0) is 25.0 Å². The van der Waals surface area contributed by atoms with Crippen molar-refractivity contribution in [3.05, 3.63) is 78.1 Å². The Hall–Kier alpha value is -5.17. The molecule has 1 aliphatic rings. The molecule has 0 unspecified atom stereocenters. The van der Waals surface area contributed by atoms with E-state index in [9.17, 15) is 4.79 Å². The van der Waals surface area contributed by atoms with Gasteiger partial charge in [0, 0.05) is 54.1 Å². The highest BCUT2D eigenvalue weighted by Crippen LogP contribution is 2.33. The van der Waals surface area contributed by atoms with Crippen LogP contribution in [0.5, 0.6) is 11.5 Å². The molecule has 3 heterocycles. The molecular formula is C31H29F2N7O4. The molecule has 11 nitrogen and oxygen atoms in total. The Labute approximate surface area is 251 Å². The highest BCUT2D eigenvalue weighted by Gasteiger charge is 2.29. The molecule has 1 fully saturated rings. The highest BCUT2D eigenvalue weighted by molar-refractivity contribution is 5.94. The number of hydrogen-bond acceptors (Lipinski definition) is 9. The Morgan fingerprint density at radius 2 is 1.84 bits per heavy atom. The zero-order chi connectivity index (χ0) is 30.6. The number of hydrogen-bond donors (Lipinski definition) is 2. The van der Waals surface area contributed by atoms with Crippen LogP contribution in [0.3, 0.4) is 0 Å². The summed E-state index contributed by atoms with van der Waals surface area (Å²) in [7, 11) is 3.01. The van der Waals surface area contributed by atoms with Crippen LogP contribution in [0.1, 0.15) is 18.4 Å². The minimum Gasteiger partial charge on any atom is -0.491 e. The van der Waals surface area contributed by atoms with E-state index in [2.05, 4.69) is 30.7 Å². The summed E-state index contributed by atoms with van der Waals surface area (Å²) in [4.78, 5) is 25.6. The van der Waals surface area contributed by atoms with Crippen molar-refractivity contribution in [2.75, 3.05) is 38.1 Å². The van der Waals surface area contributed by atoms with Crippen molar-refractivity contribution < 1.29 is 27.8 Å². The molecule has 5 aromatic rings. The van der Waals surface area contributed by atoms with Gasteiger partial charge in [0.05, 0.1) is 32.0 Å². The van der Waals surface area contributed by atoms with Gasteiger partial charge in [0.25, 0.3) is 0 Å². The van der Waals surface area contributed by atoms with Crippen LogP contribution < -0.4 is 20.1 Å². The molecule has 13 heteroatoms. The van der Waals surface area contributed by atoms with Gasteiger partial charge in [-0.2, -0.15) is 5.10 Å². The summed E-state index contributed by atoms with van der Waals surface area (Å²) in [5, 5.41) is 11.4. The van der Waals surface area contributed by atoms with Crippen molar-refractivity contribution in [2.24, 2.45) is 5.92 Å². The first-order chi connectivity index (χ1) is 21.4. The quantitative estimate of drug-likeness (QED) is 0.182. The lowest BCUT2D eigenvalue weighted by atomic mass is 10.1. The number of para-hydroxylation sites is 1. The molecule has 6 rings (SSSR count). The number of anilines is 3. The Morgan fingerprint density at radius 1 is 1.05 bits per heavy atom. The molecular weight excluding hydrogens is 572 g/mol. The largest absolute Gasteiger partial charge is 0.491 e. The smallest absolute Gasteiger partial charge is 0.228 e. The molecule has 1 saturated carbocycles. The third kappa shape index (κ3) is 6.27. The fourth-order valence-corrected chi connectivity index (χ4v) is 4.63. The predicted octanol–water partition coefficient (Wildman–Crippen LogP) is 5.34. The molecule has 0 bridgehead atoms. The number of methoxy groups -OCH3 is 2. The summed E-state index contributed by atoms with van der Waals surface area (Å²) in [5.74, 6) is -0.0409. The third-order valence-corrected chi connectivity index (χ3v) is 7.05. The molecule has 44 heavy (non-hydrogen) atoms. The number of nitrogens with one attached hydrogen (secondary N) is 2. The zero-order valence-electron chi connectivity index (χ0n) is 24.0. The van der Waals surface area contributed by atoms with Crippen molar-refractivity contribution >= 4 is 34.1 Å². The van der Waals surface area contributed by atoms with Gasteiger partial charge in [-0.1, -0.05) is 18.2 Å². The van der Waals surface area contributed by atoms with E-state index in [-0.39, 0.29) is 42.1 Å². The molecule has 226 valence electrons. The van der Waals surface area contributed by atoms with Gasteiger partial charge in [0.1, 0.15) is 35.5 Å². The predicted molar refractivity (Wildman–Crippen MR) is 159 cm³/mol. The summed E-state index contributed by atoms with van der Waals surface area (Å²) in [6.45, 7) is 0.282. The first-order valence-corrected chi connectivity index (χ1v) is 13.9. The van der Waals surface area contributed by atoms with Gasteiger partial charge < -0.3 is 24.8 Å². The number of pyridine rings is 1. The number of rotatable bonds is 12. The van der Waals surface area contributed by atoms with E-state index < -0.39 is 11.6 Å². The lowest BCUT2D eigenvalue weighted by Crippen LogP contribution is -2.14. The monoisotopic (exact) mass is 601 g/mol. The van der Waals surface area contributed by atoms with E-state index in [0.29, 0.717) is 46.3 Å². The van der Waals surface area contributed by atoms with Crippen molar-refractivity contribution in [3.8, 4) is 23.0 Å². The minimum atomic E-state index is -0.754. The summed E-state index contributed by atoms with van der Waals surface area (Å²) in [5.41, 5.74) is 1.51. The molecule has 0 saturated heterocycles. The molecule has 2 N–H and O–H groups in total. The van der Waals surface area contributed by atoms with Crippen molar-refractivity contribution in [1.82, 2.24) is 24.7 Å². The number of carbonyl (C=O) groups is 1. The van der Waals surface area contributed by atoms with Gasteiger partial charge in [0.2, 0.25) is 5.91 Å². The molecule has 0 spiro atoms. The topological polar surface area (TPSA) is 125 Å². The third-order valence-electron chi connectivity index (χ3n) is 7.05. The first kappa shape index (κ1) is 28.9. The van der Waals surface area contributed by atoms with Gasteiger partial charge in [-0.25, -0.2) is 23.7 Å². The van der Waals surface area contributed by atoms with Crippen LogP contribution >= 0.6 is 0 Å². The van der Waals surface area contributed by atoms with Crippen LogP contribution in [0.4, 0.5) is 26.1 Å². The lowest BCUT2D eigenvalue weighted by molar-refractivity contribution is -0.117. The highest BCUT2D eigenvalue weighted by atomic mass is 19.1. The average molecular weight is 602 g/mol. The molecule has 3 aromatic heterocycles. The van der Waals surface area contributed by atoms with E-state index in [1.807, 2.05) is 18.2 Å². The van der Waals surface area contributed by atoms with Crippen LogP contribution in [-0.4, -0.2) is 58.1 Å². The van der Waals surface area contributed by atoms with Crippen LogP contribution in [-0.2, 0) is 16.1 Å². The fourth-order valence-electron chi connectivity index (χ4n) is 4.63. The second kappa shape index (κ2) is 12.6. The number of carbonyl (C=O) groups excluding carboxylic acids is 1. The number of aromatic nitrogens is 5. The molecule has 1 amide bonds. The number of benzene rings is 2. The van der Waals surface area contributed by atoms with Crippen molar-refractivity contribution in [2.45, 2.75) is 19.4 Å². The molecule has 0 aliphatic heterocycles. The van der Waals surface area contributed by atoms with E-state index in [1.54, 1.807) is 24.4 Å². The van der Waals surface area contributed by atoms with Crippen molar-refractivity contribution in [1.29, 1.82) is 0 Å². The first-order valence-electron chi connectivity index (χ1n) is 13.9. The van der Waals surface area contributed by atoms with Crippen LogP contribution in [0.25, 0.3) is 22.4 Å². The van der Waals surface area contributed by atoms with Crippen LogP contribution in [0.2, 0.25) is 0 Å². The van der Waals surface area contributed by atoms with E-state index in [0.717, 1.165) is 25.0 Å². The Kier molecular flexibility index (Phi) is 8.28. The maximum Gasteiger partial charge on any atom is 0.228 e. The number of ether oxygens (including phenoxy) is 3. The van der Waals surface area contributed by atoms with Crippen molar-refractivity contribution in [3.63, 3.8) is 0 Å². The average Bonchev–Trinajstić information content (AvgIpc) is 3.81. The molecule has 0 radical (unpaired) electrons. The number of fused-ring (bicyclic) bond motifs is 1. The van der Waals surface area contributed by atoms with Gasteiger partial charge in [-0.15, -0.1) is 0 Å². The Bertz CT molecular complexity index is 1800. The van der Waals surface area contributed by atoms with Gasteiger partial charge in [0.15, 0.2) is 17.4 Å². The maximum atomic E-state index is 15.1. The lowest BCUT2D eigenvalue weighted by Gasteiger charge is -2.12. The van der Waals surface area contributed by atoms with E-state index in [4.69, 9.17) is 14.2 Å². The van der Waals surface area contributed by atoms with Crippen LogP contribution in [0.15, 0.2) is 60.9 Å². The van der Waals surface area contributed by atoms with Crippen LogP contribution in [0, 0.1) is 17.6 Å². The summed E-state index contributed by atoms with van der Waals surface area (Å²) < 4.78 is 47.4. The second-order valence-corrected chi connectivity index (χ2v) is 10.2. The summed E-state index contributed by atoms with van der Waals surface area (Å²) in [6.07, 6.45) is 4.85. The minimum absolute atomic E-state index is 0.0417. The van der Waals surface area contributed by atoms with Gasteiger partial charge in [-0.3, -0.25) is 9.48 Å². The van der Waals surface area contributed by atoms with Gasteiger partial charge >= 0.3 is 0 Å². The summed E-state index contributed by atoms with van der Waals surface area (Å²) >= 11 is 0. The van der Waals surface area contributed by atoms with E-state index >= 15 is 8.78 Å². The standard InChI is InChI=1S/C31H29F2N7O4/c1-42-11-12-44-20-14-23(32)22(24(33)15-20)17-40-25-6-4-3-5-21(25)28(39-40)30-35-16-26(43-2)29(38-30)36-19-9-10-34-27(13-19)37-31(41)18-7-8-18/h3-6,9-10,13-16,18H,7-8,11-12,17H2,1-2H3,(H2,34,35,36,37,38,41). The Balaban J connectivity index is 1.30. The zero-order valence-corrected chi connectivity index (χ0v) is 24.0. The summed E-state index contributed by atoms with van der Waals surface area (Å²) in [6, 6.07) is 13.0.